The number of aryl methyl sites for hydroxylation is 2. The van der Waals surface area contributed by atoms with Gasteiger partial charge in [-0.05, 0) is 42.3 Å². The van der Waals surface area contributed by atoms with Gasteiger partial charge in [-0.1, -0.05) is 29.8 Å². The average molecular weight is 536 g/mol. The molecular formula is C26H22ClN5O4S. The van der Waals surface area contributed by atoms with E-state index in [-0.39, 0.29) is 10.9 Å². The van der Waals surface area contributed by atoms with Crippen LogP contribution in [-0.2, 0) is 9.84 Å². The molecule has 0 aliphatic carbocycles. The first-order valence-electron chi connectivity index (χ1n) is 11.1. The predicted molar refractivity (Wildman–Crippen MR) is 140 cm³/mol. The van der Waals surface area contributed by atoms with E-state index in [9.17, 15) is 8.42 Å². The number of methoxy groups -OCH3 is 1. The minimum atomic E-state index is -3.38. The predicted octanol–water partition coefficient (Wildman–Crippen LogP) is 5.33. The Hall–Kier alpha value is -4.02. The molecule has 0 aliphatic rings. The minimum absolute atomic E-state index is 0.233. The van der Waals surface area contributed by atoms with E-state index < -0.39 is 9.84 Å². The number of hydrogen-bond donors (Lipinski definition) is 0. The lowest BCUT2D eigenvalue weighted by molar-refractivity contribution is 0.380. The van der Waals surface area contributed by atoms with Crippen LogP contribution >= 0.6 is 11.6 Å². The van der Waals surface area contributed by atoms with Gasteiger partial charge in [-0.2, -0.15) is 5.10 Å². The molecule has 3 heterocycles. The van der Waals surface area contributed by atoms with E-state index in [4.69, 9.17) is 20.8 Å². The molecule has 0 aliphatic heterocycles. The highest BCUT2D eigenvalue weighted by Crippen LogP contribution is 2.38. The summed E-state index contributed by atoms with van der Waals surface area (Å²) in [4.78, 5) is 13.2. The first-order valence-corrected chi connectivity index (χ1v) is 13.4. The summed E-state index contributed by atoms with van der Waals surface area (Å²) in [6.07, 6.45) is 6.13. The fourth-order valence-corrected chi connectivity index (χ4v) is 4.71. The van der Waals surface area contributed by atoms with Crippen LogP contribution < -0.4 is 4.74 Å². The zero-order chi connectivity index (χ0) is 26.3. The number of halogens is 1. The van der Waals surface area contributed by atoms with Gasteiger partial charge in [0, 0.05) is 42.9 Å². The number of ether oxygens (including phenoxy) is 1. The van der Waals surface area contributed by atoms with Crippen LogP contribution in [0, 0.1) is 13.8 Å². The smallest absolute Gasteiger partial charge is 0.316 e. The molecular weight excluding hydrogens is 514 g/mol. The van der Waals surface area contributed by atoms with Crippen LogP contribution in [0.15, 0.2) is 70.4 Å². The molecule has 5 aromatic rings. The number of sulfone groups is 1. The van der Waals surface area contributed by atoms with Gasteiger partial charge in [0.25, 0.3) is 0 Å². The van der Waals surface area contributed by atoms with Crippen molar-refractivity contribution in [1.29, 1.82) is 0 Å². The lowest BCUT2D eigenvalue weighted by Crippen LogP contribution is -2.00. The topological polar surface area (TPSA) is 113 Å². The molecule has 0 amide bonds. The highest BCUT2D eigenvalue weighted by molar-refractivity contribution is 7.90. The summed E-state index contributed by atoms with van der Waals surface area (Å²) in [6.45, 7) is 3.58. The summed E-state index contributed by atoms with van der Waals surface area (Å²) in [5, 5.41) is 5.07. The Morgan fingerprint density at radius 1 is 1.00 bits per heavy atom. The fourth-order valence-electron chi connectivity index (χ4n) is 3.92. The molecule has 0 atom stereocenters. The van der Waals surface area contributed by atoms with Crippen molar-refractivity contribution in [2.45, 2.75) is 18.7 Å². The minimum Gasteiger partial charge on any atom is -0.467 e. The van der Waals surface area contributed by atoms with Gasteiger partial charge in [0.15, 0.2) is 21.5 Å². The second-order valence-electron chi connectivity index (χ2n) is 8.41. The molecule has 2 aromatic carbocycles. The Morgan fingerprint density at radius 3 is 2.38 bits per heavy atom. The van der Waals surface area contributed by atoms with Crippen molar-refractivity contribution in [1.82, 2.24) is 24.7 Å². The van der Waals surface area contributed by atoms with Crippen molar-refractivity contribution in [3.05, 3.63) is 77.7 Å². The van der Waals surface area contributed by atoms with Gasteiger partial charge in [0.05, 0.1) is 28.4 Å². The number of rotatable bonds is 6. The quantitative estimate of drug-likeness (QED) is 0.286. The second kappa shape index (κ2) is 9.45. The van der Waals surface area contributed by atoms with Crippen LogP contribution in [0.1, 0.15) is 11.6 Å². The number of nitrogens with zero attached hydrogens (tertiary/aromatic N) is 5. The molecule has 0 saturated heterocycles. The third-order valence-electron chi connectivity index (χ3n) is 5.74. The fraction of sp³-hybridized carbons (Fsp3) is 0.154. The molecule has 3 aromatic heterocycles. The van der Waals surface area contributed by atoms with Crippen molar-refractivity contribution in [2.75, 3.05) is 13.4 Å². The Balaban J connectivity index is 1.74. The summed E-state index contributed by atoms with van der Waals surface area (Å²) in [5.74, 6) is 0.928. The van der Waals surface area contributed by atoms with Gasteiger partial charge in [0.2, 0.25) is 0 Å². The lowest BCUT2D eigenvalue weighted by Gasteiger charge is -2.12. The van der Waals surface area contributed by atoms with Gasteiger partial charge in [-0.15, -0.1) is 0 Å². The molecule has 37 heavy (non-hydrogen) atoms. The molecule has 0 bridgehead atoms. The molecule has 188 valence electrons. The Kier molecular flexibility index (Phi) is 6.30. The summed E-state index contributed by atoms with van der Waals surface area (Å²) in [7, 11) is -1.88. The largest absolute Gasteiger partial charge is 0.467 e. The first-order chi connectivity index (χ1) is 17.6. The molecule has 5 rings (SSSR count). The maximum atomic E-state index is 12.2. The highest BCUT2D eigenvalue weighted by Gasteiger charge is 2.22. The van der Waals surface area contributed by atoms with E-state index in [2.05, 4.69) is 20.1 Å². The van der Waals surface area contributed by atoms with E-state index >= 15 is 0 Å². The Morgan fingerprint density at radius 2 is 1.73 bits per heavy atom. The third kappa shape index (κ3) is 4.85. The summed E-state index contributed by atoms with van der Waals surface area (Å²) >= 11 is 6.32. The highest BCUT2D eigenvalue weighted by atomic mass is 35.5. The van der Waals surface area contributed by atoms with E-state index in [0.29, 0.717) is 44.9 Å². The molecule has 11 heteroatoms. The number of hydrogen-bond acceptors (Lipinski definition) is 8. The molecule has 0 N–H and O–H groups in total. The van der Waals surface area contributed by atoms with Gasteiger partial charge in [-0.25, -0.2) is 28.1 Å². The van der Waals surface area contributed by atoms with Crippen LogP contribution in [-0.4, -0.2) is 46.5 Å². The van der Waals surface area contributed by atoms with Gasteiger partial charge in [-0.3, -0.25) is 0 Å². The zero-order valence-electron chi connectivity index (χ0n) is 20.4. The third-order valence-corrected chi connectivity index (χ3v) is 7.22. The molecule has 0 fully saturated rings. The van der Waals surface area contributed by atoms with Gasteiger partial charge < -0.3 is 9.15 Å². The monoisotopic (exact) mass is 535 g/mol. The van der Waals surface area contributed by atoms with Crippen molar-refractivity contribution in [2.24, 2.45) is 0 Å². The molecule has 0 unspecified atom stereocenters. The molecule has 9 nitrogen and oxygen atoms in total. The van der Waals surface area contributed by atoms with Gasteiger partial charge >= 0.3 is 6.01 Å². The summed E-state index contributed by atoms with van der Waals surface area (Å²) < 4.78 is 37.2. The van der Waals surface area contributed by atoms with E-state index in [1.807, 2.05) is 31.2 Å². The van der Waals surface area contributed by atoms with Crippen molar-refractivity contribution >= 4 is 21.4 Å². The number of benzene rings is 2. The SMILES string of the molecule is COc1ncc(-c2nc(C)oc2-c2cc(-c3cccc(S(C)(=O)=O)c3)ccc2-n2cc(Cl)c(C)n2)cn1. The maximum Gasteiger partial charge on any atom is 0.316 e. The van der Waals surface area contributed by atoms with Crippen molar-refractivity contribution < 1.29 is 17.6 Å². The maximum absolute atomic E-state index is 12.2. The normalized spacial score (nSPS) is 11.6. The second-order valence-corrected chi connectivity index (χ2v) is 10.8. The van der Waals surface area contributed by atoms with Crippen molar-refractivity contribution in [3.63, 3.8) is 0 Å². The number of oxazole rings is 1. The summed E-state index contributed by atoms with van der Waals surface area (Å²) in [5.41, 5.74) is 4.74. The van der Waals surface area contributed by atoms with Gasteiger partial charge in [0.1, 0.15) is 5.69 Å². The zero-order valence-corrected chi connectivity index (χ0v) is 22.0. The Labute approximate surface area is 218 Å². The molecule has 0 radical (unpaired) electrons. The van der Waals surface area contributed by atoms with Crippen LogP contribution in [0.3, 0.4) is 0 Å². The van der Waals surface area contributed by atoms with E-state index in [1.165, 1.54) is 13.4 Å². The van der Waals surface area contributed by atoms with Crippen LogP contribution in [0.2, 0.25) is 5.02 Å². The van der Waals surface area contributed by atoms with Crippen LogP contribution in [0.25, 0.3) is 39.4 Å². The standard InChI is InChI=1S/C26H22ClN5O4S/c1-15-22(27)14-32(31-15)23-9-8-18(17-6-5-7-20(10-17)37(4,33)34)11-21(23)25-24(30-16(2)36-25)19-12-28-26(35-3)29-13-19/h5-14H,1-4H3. The Bertz CT molecular complexity index is 1710. The average Bonchev–Trinajstić information content (AvgIpc) is 3.44. The van der Waals surface area contributed by atoms with Crippen LogP contribution in [0.4, 0.5) is 0 Å². The number of aromatic nitrogens is 5. The summed E-state index contributed by atoms with van der Waals surface area (Å²) in [6, 6.07) is 12.7. The van der Waals surface area contributed by atoms with Crippen LogP contribution in [0.5, 0.6) is 6.01 Å². The van der Waals surface area contributed by atoms with E-state index in [0.717, 1.165) is 11.1 Å². The molecule has 0 saturated carbocycles. The van der Waals surface area contributed by atoms with Crippen molar-refractivity contribution in [3.8, 4) is 45.4 Å². The lowest BCUT2D eigenvalue weighted by atomic mass is 9.99. The molecule has 0 spiro atoms. The van der Waals surface area contributed by atoms with E-state index in [1.54, 1.807) is 48.4 Å². The first kappa shape index (κ1) is 24.7.